The Hall–Kier alpha value is -2.80. The predicted octanol–water partition coefficient (Wildman–Crippen LogP) is 4.83. The minimum Gasteiger partial charge on any atom is -0.478 e. The maximum absolute atomic E-state index is 13.9. The van der Waals surface area contributed by atoms with E-state index in [2.05, 4.69) is 4.98 Å². The molecule has 1 atom stereocenters. The van der Waals surface area contributed by atoms with Gasteiger partial charge in [-0.15, -0.1) is 11.3 Å². The second kappa shape index (κ2) is 8.29. The summed E-state index contributed by atoms with van der Waals surface area (Å²) in [4.78, 5) is 20.4. The minimum atomic E-state index is -0.738. The Balaban J connectivity index is 1.49. The third-order valence-electron chi connectivity index (χ3n) is 4.89. The molecule has 0 saturated carbocycles. The first-order valence-corrected chi connectivity index (χ1v) is 10.3. The van der Waals surface area contributed by atoms with Crippen molar-refractivity contribution < 1.29 is 18.3 Å². The SMILES string of the molecule is CC[C@@H](Oc1ccccc1F)C(=O)N1CCc2nc(-c3ccc(F)cc3)sc2C1. The Morgan fingerprint density at radius 3 is 2.69 bits per heavy atom. The Bertz CT molecular complexity index is 1020. The third-order valence-corrected chi connectivity index (χ3v) is 6.02. The molecule has 4 rings (SSSR count). The van der Waals surface area contributed by atoms with Crippen molar-refractivity contribution in [3.8, 4) is 16.3 Å². The van der Waals surface area contributed by atoms with Crippen LogP contribution in [-0.4, -0.2) is 28.4 Å². The summed E-state index contributed by atoms with van der Waals surface area (Å²) in [6.07, 6.45) is 0.354. The van der Waals surface area contributed by atoms with Crippen LogP contribution in [0.4, 0.5) is 8.78 Å². The largest absolute Gasteiger partial charge is 0.478 e. The van der Waals surface area contributed by atoms with Gasteiger partial charge in [0.1, 0.15) is 10.8 Å². The zero-order valence-corrected chi connectivity index (χ0v) is 16.7. The minimum absolute atomic E-state index is 0.0850. The lowest BCUT2D eigenvalue weighted by Gasteiger charge is -2.29. The Morgan fingerprint density at radius 2 is 1.97 bits per heavy atom. The third kappa shape index (κ3) is 4.15. The predicted molar refractivity (Wildman–Crippen MR) is 108 cm³/mol. The number of ether oxygens (including phenoxy) is 1. The molecule has 0 aliphatic carbocycles. The van der Waals surface area contributed by atoms with Crippen LogP contribution in [0, 0.1) is 11.6 Å². The van der Waals surface area contributed by atoms with E-state index in [0.717, 1.165) is 21.1 Å². The topological polar surface area (TPSA) is 42.4 Å². The average Bonchev–Trinajstić information content (AvgIpc) is 3.16. The Morgan fingerprint density at radius 1 is 1.21 bits per heavy atom. The number of para-hydroxylation sites is 1. The number of nitrogens with zero attached hydrogens (tertiary/aromatic N) is 2. The van der Waals surface area contributed by atoms with E-state index in [9.17, 15) is 13.6 Å². The summed E-state index contributed by atoms with van der Waals surface area (Å²) in [5.41, 5.74) is 1.83. The van der Waals surface area contributed by atoms with Crippen molar-refractivity contribution in [3.05, 3.63) is 70.7 Å². The molecule has 0 N–H and O–H groups in total. The molecular weight excluding hydrogens is 394 g/mol. The van der Waals surface area contributed by atoms with Gasteiger partial charge in [0.2, 0.25) is 0 Å². The van der Waals surface area contributed by atoms with Crippen LogP contribution in [0.25, 0.3) is 10.6 Å². The van der Waals surface area contributed by atoms with Crippen LogP contribution in [0.5, 0.6) is 5.75 Å². The monoisotopic (exact) mass is 414 g/mol. The average molecular weight is 414 g/mol. The van der Waals surface area contributed by atoms with Crippen molar-refractivity contribution >= 4 is 17.2 Å². The summed E-state index contributed by atoms with van der Waals surface area (Å²) in [6, 6.07) is 12.3. The van der Waals surface area contributed by atoms with Crippen LogP contribution in [0.15, 0.2) is 48.5 Å². The molecule has 1 aliphatic heterocycles. The van der Waals surface area contributed by atoms with Gasteiger partial charge in [0.25, 0.3) is 5.91 Å². The van der Waals surface area contributed by atoms with Gasteiger partial charge in [-0.25, -0.2) is 13.8 Å². The number of fused-ring (bicyclic) bond motifs is 1. The van der Waals surface area contributed by atoms with Crippen molar-refractivity contribution in [3.63, 3.8) is 0 Å². The van der Waals surface area contributed by atoms with Crippen LogP contribution >= 0.6 is 11.3 Å². The molecule has 2 aromatic carbocycles. The number of benzene rings is 2. The van der Waals surface area contributed by atoms with Crippen molar-refractivity contribution in [2.75, 3.05) is 6.54 Å². The summed E-state index contributed by atoms with van der Waals surface area (Å²) in [5, 5.41) is 0.818. The maximum atomic E-state index is 13.9. The van der Waals surface area contributed by atoms with Gasteiger partial charge in [-0.05, 0) is 42.8 Å². The van der Waals surface area contributed by atoms with E-state index in [1.54, 1.807) is 29.2 Å². The fraction of sp³-hybridized carbons (Fsp3) is 0.273. The summed E-state index contributed by atoms with van der Waals surface area (Å²) < 4.78 is 32.7. The molecule has 1 aliphatic rings. The van der Waals surface area contributed by atoms with Gasteiger partial charge in [0.05, 0.1) is 12.2 Å². The molecule has 0 spiro atoms. The standard InChI is InChI=1S/C22H20F2N2O2S/c1-2-18(28-19-6-4-3-5-16(19)24)22(27)26-12-11-17-20(13-26)29-21(25-17)14-7-9-15(23)10-8-14/h3-10,18H,2,11-13H2,1H3/t18-/m1/s1. The highest BCUT2D eigenvalue weighted by molar-refractivity contribution is 7.15. The molecule has 4 nitrogen and oxygen atoms in total. The molecule has 0 saturated heterocycles. The summed E-state index contributed by atoms with van der Waals surface area (Å²) >= 11 is 1.51. The molecule has 29 heavy (non-hydrogen) atoms. The molecular formula is C22H20F2N2O2S. The molecule has 7 heteroatoms. The van der Waals surface area contributed by atoms with Crippen LogP contribution in [0.1, 0.15) is 23.9 Å². The number of hydrogen-bond acceptors (Lipinski definition) is 4. The number of rotatable bonds is 5. The zero-order valence-electron chi connectivity index (χ0n) is 15.9. The van der Waals surface area contributed by atoms with E-state index in [0.29, 0.717) is 25.9 Å². The van der Waals surface area contributed by atoms with Gasteiger partial charge in [-0.3, -0.25) is 4.79 Å². The number of thiazole rings is 1. The van der Waals surface area contributed by atoms with Crippen molar-refractivity contribution in [1.29, 1.82) is 0 Å². The second-order valence-corrected chi connectivity index (χ2v) is 7.93. The van der Waals surface area contributed by atoms with Gasteiger partial charge < -0.3 is 9.64 Å². The summed E-state index contributed by atoms with van der Waals surface area (Å²) in [7, 11) is 0. The van der Waals surface area contributed by atoms with Gasteiger partial charge in [-0.2, -0.15) is 0 Å². The lowest BCUT2D eigenvalue weighted by Crippen LogP contribution is -2.44. The molecule has 2 heterocycles. The van der Waals surface area contributed by atoms with Gasteiger partial charge in [0, 0.05) is 23.4 Å². The van der Waals surface area contributed by atoms with Gasteiger partial charge in [0.15, 0.2) is 17.7 Å². The molecule has 0 bridgehead atoms. The molecule has 1 aromatic heterocycles. The van der Waals surface area contributed by atoms with E-state index in [1.165, 1.54) is 35.6 Å². The molecule has 0 fully saturated rings. The lowest BCUT2D eigenvalue weighted by molar-refractivity contribution is -0.139. The highest BCUT2D eigenvalue weighted by Gasteiger charge is 2.30. The Kier molecular flexibility index (Phi) is 5.58. The molecule has 150 valence electrons. The van der Waals surface area contributed by atoms with E-state index in [4.69, 9.17) is 4.74 Å². The van der Waals surface area contributed by atoms with Crippen LogP contribution in [0.3, 0.4) is 0 Å². The first-order valence-electron chi connectivity index (χ1n) is 9.49. The van der Waals surface area contributed by atoms with E-state index < -0.39 is 11.9 Å². The number of halogens is 2. The van der Waals surface area contributed by atoms with Gasteiger partial charge >= 0.3 is 0 Å². The first-order chi connectivity index (χ1) is 14.0. The molecule has 0 radical (unpaired) electrons. The van der Waals surface area contributed by atoms with Crippen molar-refractivity contribution in [2.24, 2.45) is 0 Å². The van der Waals surface area contributed by atoms with Gasteiger partial charge in [-0.1, -0.05) is 19.1 Å². The van der Waals surface area contributed by atoms with Crippen molar-refractivity contribution in [1.82, 2.24) is 9.88 Å². The number of amides is 1. The number of carbonyl (C=O) groups is 1. The molecule has 0 unspecified atom stereocenters. The van der Waals surface area contributed by atoms with Crippen LogP contribution in [-0.2, 0) is 17.8 Å². The van der Waals surface area contributed by atoms with E-state index in [1.807, 2.05) is 6.92 Å². The first kappa shape index (κ1) is 19.5. The van der Waals surface area contributed by atoms with Crippen LogP contribution < -0.4 is 4.74 Å². The second-order valence-electron chi connectivity index (χ2n) is 6.85. The van der Waals surface area contributed by atoms with Crippen molar-refractivity contribution in [2.45, 2.75) is 32.4 Å². The zero-order chi connectivity index (χ0) is 20.4. The number of aromatic nitrogens is 1. The molecule has 3 aromatic rings. The maximum Gasteiger partial charge on any atom is 0.263 e. The normalized spacial score (nSPS) is 14.4. The fourth-order valence-electron chi connectivity index (χ4n) is 3.31. The Labute approximate surface area is 171 Å². The summed E-state index contributed by atoms with van der Waals surface area (Å²) in [6.45, 7) is 2.83. The van der Waals surface area contributed by atoms with E-state index in [-0.39, 0.29) is 17.5 Å². The lowest BCUT2D eigenvalue weighted by atomic mass is 10.1. The summed E-state index contributed by atoms with van der Waals surface area (Å²) in [5.74, 6) is -0.835. The number of hydrogen-bond donors (Lipinski definition) is 0. The highest BCUT2D eigenvalue weighted by atomic mass is 32.1. The fourth-order valence-corrected chi connectivity index (χ4v) is 4.43. The smallest absolute Gasteiger partial charge is 0.263 e. The highest BCUT2D eigenvalue weighted by Crippen LogP contribution is 2.32. The van der Waals surface area contributed by atoms with E-state index >= 15 is 0 Å². The van der Waals surface area contributed by atoms with Crippen LogP contribution in [0.2, 0.25) is 0 Å². The quantitative estimate of drug-likeness (QED) is 0.601. The number of carbonyl (C=O) groups excluding carboxylic acids is 1. The molecule has 1 amide bonds.